The van der Waals surface area contributed by atoms with Gasteiger partial charge < -0.3 is 10.2 Å². The van der Waals surface area contributed by atoms with Gasteiger partial charge in [0.1, 0.15) is 0 Å². The van der Waals surface area contributed by atoms with Crippen LogP contribution in [0.5, 0.6) is 0 Å². The van der Waals surface area contributed by atoms with E-state index in [2.05, 4.69) is 15.3 Å². The standard InChI is InChI=1S/C19H26N6O3S/c1-14-12-15(2)21-19(20-14)22-17-7-5-6-16(13-17)18(26)24-8-10-25(11-9-24)29(27,28)23(3)4/h5-7,12-13H,8-11H2,1-4H3,(H,20,21,22). The van der Waals surface area contributed by atoms with Crippen molar-refractivity contribution in [2.24, 2.45) is 0 Å². The van der Waals surface area contributed by atoms with Crippen LogP contribution >= 0.6 is 0 Å². The van der Waals surface area contributed by atoms with Crippen LogP contribution in [0.15, 0.2) is 30.3 Å². The molecule has 0 unspecified atom stereocenters. The van der Waals surface area contributed by atoms with Crippen molar-refractivity contribution >= 4 is 27.8 Å². The number of carbonyl (C=O) groups is 1. The summed E-state index contributed by atoms with van der Waals surface area (Å²) < 4.78 is 27.0. The Balaban J connectivity index is 1.69. The second-order valence-corrected chi connectivity index (χ2v) is 9.30. The minimum absolute atomic E-state index is 0.128. The Hall–Kier alpha value is -2.56. The van der Waals surface area contributed by atoms with Crippen molar-refractivity contribution < 1.29 is 13.2 Å². The molecule has 29 heavy (non-hydrogen) atoms. The fourth-order valence-corrected chi connectivity index (χ4v) is 4.26. The highest BCUT2D eigenvalue weighted by Crippen LogP contribution is 2.18. The maximum atomic E-state index is 12.9. The molecule has 0 atom stereocenters. The van der Waals surface area contributed by atoms with Crippen LogP contribution < -0.4 is 5.32 Å². The van der Waals surface area contributed by atoms with Crippen LogP contribution in [0.2, 0.25) is 0 Å². The van der Waals surface area contributed by atoms with E-state index in [1.54, 1.807) is 23.1 Å². The predicted octanol–water partition coefficient (Wildman–Crippen LogP) is 1.40. The summed E-state index contributed by atoms with van der Waals surface area (Å²) >= 11 is 0. The van der Waals surface area contributed by atoms with E-state index < -0.39 is 10.2 Å². The van der Waals surface area contributed by atoms with E-state index in [-0.39, 0.29) is 19.0 Å². The smallest absolute Gasteiger partial charge is 0.281 e. The molecule has 10 heteroatoms. The summed E-state index contributed by atoms with van der Waals surface area (Å²) in [5, 5.41) is 3.14. The molecule has 156 valence electrons. The number of anilines is 2. The van der Waals surface area contributed by atoms with Gasteiger partial charge in [0.25, 0.3) is 16.1 Å². The lowest BCUT2D eigenvalue weighted by Crippen LogP contribution is -2.53. The zero-order valence-corrected chi connectivity index (χ0v) is 17.9. The third kappa shape index (κ3) is 4.89. The van der Waals surface area contributed by atoms with Crippen LogP contribution in [0.1, 0.15) is 21.7 Å². The SMILES string of the molecule is Cc1cc(C)nc(Nc2cccc(C(=O)N3CCN(S(=O)(=O)N(C)C)CC3)c2)n1. The van der Waals surface area contributed by atoms with Crippen molar-refractivity contribution in [2.45, 2.75) is 13.8 Å². The Morgan fingerprint density at radius 2 is 1.66 bits per heavy atom. The van der Waals surface area contributed by atoms with Crippen molar-refractivity contribution in [1.82, 2.24) is 23.5 Å². The van der Waals surface area contributed by atoms with E-state index in [1.165, 1.54) is 22.7 Å². The molecule has 0 radical (unpaired) electrons. The van der Waals surface area contributed by atoms with E-state index in [4.69, 9.17) is 0 Å². The van der Waals surface area contributed by atoms with Crippen molar-refractivity contribution in [1.29, 1.82) is 0 Å². The summed E-state index contributed by atoms with van der Waals surface area (Å²) in [7, 11) is -0.448. The second-order valence-electron chi connectivity index (χ2n) is 7.16. The second kappa shape index (κ2) is 8.44. The molecule has 1 saturated heterocycles. The van der Waals surface area contributed by atoms with Gasteiger partial charge in [0.2, 0.25) is 5.95 Å². The van der Waals surface area contributed by atoms with Crippen molar-refractivity contribution in [2.75, 3.05) is 45.6 Å². The van der Waals surface area contributed by atoms with Gasteiger partial charge in [-0.3, -0.25) is 4.79 Å². The molecule has 3 rings (SSSR count). The normalized spacial score (nSPS) is 15.6. The summed E-state index contributed by atoms with van der Waals surface area (Å²) in [6.45, 7) is 5.06. The first kappa shape index (κ1) is 21.2. The van der Waals surface area contributed by atoms with Crippen LogP contribution in [0.3, 0.4) is 0 Å². The number of nitrogens with zero attached hydrogens (tertiary/aromatic N) is 5. The van der Waals surface area contributed by atoms with E-state index in [9.17, 15) is 13.2 Å². The van der Waals surface area contributed by atoms with Gasteiger partial charge in [-0.1, -0.05) is 6.07 Å². The largest absolute Gasteiger partial charge is 0.336 e. The van der Waals surface area contributed by atoms with Crippen LogP contribution in [-0.2, 0) is 10.2 Å². The summed E-state index contributed by atoms with van der Waals surface area (Å²) in [4.78, 5) is 23.3. The number of carbonyl (C=O) groups excluding carboxylic acids is 1. The molecule has 1 aromatic carbocycles. The first-order valence-corrected chi connectivity index (χ1v) is 10.7. The molecule has 1 N–H and O–H groups in total. The highest BCUT2D eigenvalue weighted by molar-refractivity contribution is 7.86. The van der Waals surface area contributed by atoms with Gasteiger partial charge in [-0.25, -0.2) is 9.97 Å². The Labute approximate surface area is 171 Å². The van der Waals surface area contributed by atoms with Gasteiger partial charge >= 0.3 is 0 Å². The molecule has 1 fully saturated rings. The minimum Gasteiger partial charge on any atom is -0.336 e. The molecule has 0 spiro atoms. The highest BCUT2D eigenvalue weighted by Gasteiger charge is 2.30. The molecular formula is C19H26N6O3S. The molecule has 9 nitrogen and oxygen atoms in total. The minimum atomic E-state index is -3.46. The first-order chi connectivity index (χ1) is 13.7. The highest BCUT2D eigenvalue weighted by atomic mass is 32.2. The van der Waals surface area contributed by atoms with Gasteiger partial charge in [0.05, 0.1) is 0 Å². The third-order valence-electron chi connectivity index (χ3n) is 4.66. The number of piperazine rings is 1. The average Bonchev–Trinajstić information content (AvgIpc) is 2.67. The number of hydrogen-bond acceptors (Lipinski definition) is 6. The summed E-state index contributed by atoms with van der Waals surface area (Å²) in [5.74, 6) is 0.353. The molecule has 2 heterocycles. The zero-order valence-electron chi connectivity index (χ0n) is 17.1. The zero-order chi connectivity index (χ0) is 21.2. The van der Waals surface area contributed by atoms with Gasteiger partial charge in [-0.2, -0.15) is 17.0 Å². The van der Waals surface area contributed by atoms with E-state index in [0.717, 1.165) is 17.1 Å². The Morgan fingerprint density at radius 1 is 1.03 bits per heavy atom. The molecule has 1 aromatic heterocycles. The van der Waals surface area contributed by atoms with E-state index in [1.807, 2.05) is 26.0 Å². The number of hydrogen-bond donors (Lipinski definition) is 1. The van der Waals surface area contributed by atoms with Gasteiger partial charge in [0.15, 0.2) is 0 Å². The molecule has 0 aliphatic carbocycles. The lowest BCUT2D eigenvalue weighted by atomic mass is 10.1. The number of aromatic nitrogens is 2. The maximum absolute atomic E-state index is 12.9. The average molecular weight is 419 g/mol. The fourth-order valence-electron chi connectivity index (χ4n) is 3.18. The number of rotatable bonds is 5. The van der Waals surface area contributed by atoms with Crippen LogP contribution in [0, 0.1) is 13.8 Å². The van der Waals surface area contributed by atoms with Gasteiger partial charge in [0, 0.05) is 62.9 Å². The van der Waals surface area contributed by atoms with Crippen LogP contribution in [0.4, 0.5) is 11.6 Å². The molecular weight excluding hydrogens is 392 g/mol. The van der Waals surface area contributed by atoms with Crippen LogP contribution in [-0.4, -0.2) is 78.1 Å². The van der Waals surface area contributed by atoms with Crippen molar-refractivity contribution in [3.05, 3.63) is 47.3 Å². The van der Waals surface area contributed by atoms with E-state index in [0.29, 0.717) is 24.6 Å². The summed E-state index contributed by atoms with van der Waals surface area (Å²) in [6, 6.07) is 9.04. The summed E-state index contributed by atoms with van der Waals surface area (Å²) in [5.41, 5.74) is 2.97. The Morgan fingerprint density at radius 3 is 2.24 bits per heavy atom. The predicted molar refractivity (Wildman–Crippen MR) is 111 cm³/mol. The molecule has 1 amide bonds. The Kier molecular flexibility index (Phi) is 6.15. The maximum Gasteiger partial charge on any atom is 0.281 e. The van der Waals surface area contributed by atoms with Crippen molar-refractivity contribution in [3.63, 3.8) is 0 Å². The van der Waals surface area contributed by atoms with Crippen LogP contribution in [0.25, 0.3) is 0 Å². The lowest BCUT2D eigenvalue weighted by Gasteiger charge is -2.35. The van der Waals surface area contributed by atoms with E-state index >= 15 is 0 Å². The summed E-state index contributed by atoms with van der Waals surface area (Å²) in [6.07, 6.45) is 0. The molecule has 0 bridgehead atoms. The molecule has 2 aromatic rings. The topological polar surface area (TPSA) is 98.7 Å². The molecule has 1 aliphatic rings. The fraction of sp³-hybridized carbons (Fsp3) is 0.421. The number of amides is 1. The third-order valence-corrected chi connectivity index (χ3v) is 6.60. The number of aryl methyl sites for hydroxylation is 2. The molecule has 0 saturated carbocycles. The number of nitrogens with one attached hydrogen (secondary N) is 1. The van der Waals surface area contributed by atoms with Gasteiger partial charge in [-0.15, -0.1) is 0 Å². The first-order valence-electron chi connectivity index (χ1n) is 9.33. The van der Waals surface area contributed by atoms with Gasteiger partial charge in [-0.05, 0) is 38.1 Å². The quantitative estimate of drug-likeness (QED) is 0.788. The lowest BCUT2D eigenvalue weighted by molar-refractivity contribution is 0.0695. The molecule has 1 aliphatic heterocycles. The number of benzene rings is 1. The monoisotopic (exact) mass is 418 g/mol. The van der Waals surface area contributed by atoms with Crippen molar-refractivity contribution in [3.8, 4) is 0 Å². The Bertz CT molecular complexity index is 981.